The number of furan rings is 1. The highest BCUT2D eigenvalue weighted by molar-refractivity contribution is 5.90. The number of halogens is 2. The Bertz CT molecular complexity index is 883. The third-order valence-corrected chi connectivity index (χ3v) is 4.04. The molecule has 0 radical (unpaired) electrons. The Morgan fingerprint density at radius 2 is 2.00 bits per heavy atom. The number of esters is 1. The number of carbonyl (C=O) groups excluding carboxylic acids is 1. The molecule has 1 heterocycles. The normalized spacial score (nSPS) is 11.4. The molecule has 0 atom stereocenters. The molecule has 0 aliphatic rings. The lowest BCUT2D eigenvalue weighted by molar-refractivity contribution is -0.0520. The van der Waals surface area contributed by atoms with Gasteiger partial charge in [-0.3, -0.25) is 4.99 Å². The molecule has 0 spiro atoms. The van der Waals surface area contributed by atoms with E-state index >= 15 is 0 Å². The molecular weight excluding hydrogens is 400 g/mol. The van der Waals surface area contributed by atoms with Gasteiger partial charge >= 0.3 is 12.6 Å². The second-order valence-electron chi connectivity index (χ2n) is 6.01. The lowest BCUT2D eigenvalue weighted by Gasteiger charge is -2.17. The lowest BCUT2D eigenvalue weighted by atomic mass is 10.2. The summed E-state index contributed by atoms with van der Waals surface area (Å²) in [6.45, 7) is 1.16. The number of aliphatic imine (C=N–C) groups is 1. The van der Waals surface area contributed by atoms with Crippen molar-refractivity contribution >= 4 is 11.9 Å². The summed E-state index contributed by atoms with van der Waals surface area (Å²) in [5.74, 6) is 1.08. The van der Waals surface area contributed by atoms with Gasteiger partial charge in [0.1, 0.15) is 17.1 Å². The molecule has 0 aliphatic heterocycles. The fourth-order valence-electron chi connectivity index (χ4n) is 2.71. The standard InChI is InChI=1S/C20H25F2N3O5/c1-5-28-16-8-6-7-13(17(16)30-19(21)22)10-24-20(23-3)25-11-14-9-15(12(2)29-14)18(26)27-4/h6-9,19H,5,10-11H2,1-4H3,(H2,23,24,25). The van der Waals surface area contributed by atoms with Gasteiger partial charge in [-0.2, -0.15) is 8.78 Å². The van der Waals surface area contributed by atoms with E-state index in [0.717, 1.165) is 0 Å². The van der Waals surface area contributed by atoms with Crippen LogP contribution in [-0.2, 0) is 17.8 Å². The van der Waals surface area contributed by atoms with Crippen LogP contribution in [0.25, 0.3) is 0 Å². The molecule has 2 rings (SSSR count). The highest BCUT2D eigenvalue weighted by Gasteiger charge is 2.17. The van der Waals surface area contributed by atoms with Gasteiger partial charge in [0.15, 0.2) is 17.5 Å². The zero-order valence-corrected chi connectivity index (χ0v) is 17.3. The van der Waals surface area contributed by atoms with Crippen LogP contribution in [0.4, 0.5) is 8.78 Å². The molecule has 0 saturated heterocycles. The molecule has 0 aliphatic carbocycles. The third kappa shape index (κ3) is 6.10. The molecule has 0 amide bonds. The summed E-state index contributed by atoms with van der Waals surface area (Å²) in [4.78, 5) is 15.8. The molecule has 1 aromatic heterocycles. The molecule has 0 unspecified atom stereocenters. The monoisotopic (exact) mass is 425 g/mol. The first-order valence-electron chi connectivity index (χ1n) is 9.21. The van der Waals surface area contributed by atoms with Gasteiger partial charge in [0.05, 0.1) is 20.3 Å². The summed E-state index contributed by atoms with van der Waals surface area (Å²) >= 11 is 0. The van der Waals surface area contributed by atoms with Crippen LogP contribution in [0, 0.1) is 6.92 Å². The van der Waals surface area contributed by atoms with Crippen LogP contribution in [0.1, 0.15) is 34.4 Å². The van der Waals surface area contributed by atoms with Gasteiger partial charge < -0.3 is 29.3 Å². The highest BCUT2D eigenvalue weighted by atomic mass is 19.3. The predicted octanol–water partition coefficient (Wildman–Crippen LogP) is 3.24. The van der Waals surface area contributed by atoms with E-state index in [4.69, 9.17) is 13.9 Å². The molecule has 0 fully saturated rings. The zero-order valence-electron chi connectivity index (χ0n) is 17.3. The number of hydrogen-bond donors (Lipinski definition) is 2. The summed E-state index contributed by atoms with van der Waals surface area (Å²) in [7, 11) is 2.86. The summed E-state index contributed by atoms with van der Waals surface area (Å²) in [6, 6.07) is 6.49. The largest absolute Gasteiger partial charge is 0.490 e. The molecule has 2 N–H and O–H groups in total. The van der Waals surface area contributed by atoms with E-state index in [0.29, 0.717) is 35.2 Å². The van der Waals surface area contributed by atoms with Crippen LogP contribution < -0.4 is 20.1 Å². The van der Waals surface area contributed by atoms with Crippen LogP contribution >= 0.6 is 0 Å². The van der Waals surface area contributed by atoms with Gasteiger partial charge in [-0.1, -0.05) is 12.1 Å². The maximum Gasteiger partial charge on any atom is 0.387 e. The fourth-order valence-corrected chi connectivity index (χ4v) is 2.71. The molecule has 1 aromatic carbocycles. The molecule has 10 heteroatoms. The molecule has 30 heavy (non-hydrogen) atoms. The van der Waals surface area contributed by atoms with Crippen LogP contribution in [0.3, 0.4) is 0 Å². The minimum absolute atomic E-state index is 0.0262. The number of guanidine groups is 1. The average molecular weight is 425 g/mol. The van der Waals surface area contributed by atoms with Crippen LogP contribution in [0.15, 0.2) is 33.7 Å². The Morgan fingerprint density at radius 1 is 1.27 bits per heavy atom. The molecule has 8 nitrogen and oxygen atoms in total. The number of para-hydroxylation sites is 1. The Kier molecular flexibility index (Phi) is 8.45. The maximum atomic E-state index is 12.8. The number of nitrogens with zero attached hydrogens (tertiary/aromatic N) is 1. The van der Waals surface area contributed by atoms with Gasteiger partial charge in [0.25, 0.3) is 0 Å². The summed E-state index contributed by atoms with van der Waals surface area (Å²) in [5.41, 5.74) is 0.824. The van der Waals surface area contributed by atoms with Crippen molar-refractivity contribution < 1.29 is 32.2 Å². The second-order valence-corrected chi connectivity index (χ2v) is 6.01. The smallest absolute Gasteiger partial charge is 0.387 e. The van der Waals surface area contributed by atoms with E-state index in [-0.39, 0.29) is 24.6 Å². The van der Waals surface area contributed by atoms with E-state index in [1.807, 2.05) is 0 Å². The Hall–Kier alpha value is -3.30. The maximum absolute atomic E-state index is 12.8. The SMILES string of the molecule is CCOc1cccc(CNC(=NC)NCc2cc(C(=O)OC)c(C)o2)c1OC(F)F. The van der Waals surface area contributed by atoms with E-state index in [9.17, 15) is 13.6 Å². The molecule has 0 bridgehead atoms. The quantitative estimate of drug-likeness (QED) is 0.362. The number of aryl methyl sites for hydroxylation is 1. The number of rotatable bonds is 9. The number of alkyl halides is 2. The van der Waals surface area contributed by atoms with Crippen LogP contribution in [-0.4, -0.2) is 39.3 Å². The van der Waals surface area contributed by atoms with Crippen molar-refractivity contribution in [3.8, 4) is 11.5 Å². The van der Waals surface area contributed by atoms with Gasteiger partial charge in [0.2, 0.25) is 0 Å². The minimum Gasteiger partial charge on any atom is -0.490 e. The van der Waals surface area contributed by atoms with Crippen molar-refractivity contribution in [2.45, 2.75) is 33.5 Å². The van der Waals surface area contributed by atoms with Crippen molar-refractivity contribution in [3.63, 3.8) is 0 Å². The van der Waals surface area contributed by atoms with E-state index < -0.39 is 12.6 Å². The van der Waals surface area contributed by atoms with Crippen molar-refractivity contribution in [1.29, 1.82) is 0 Å². The topological polar surface area (TPSA) is 94.3 Å². The number of methoxy groups -OCH3 is 1. The second kappa shape index (κ2) is 11.0. The first kappa shape index (κ1) is 23.0. The van der Waals surface area contributed by atoms with Crippen molar-refractivity contribution in [2.75, 3.05) is 20.8 Å². The molecule has 0 saturated carbocycles. The van der Waals surface area contributed by atoms with Crippen LogP contribution in [0.2, 0.25) is 0 Å². The van der Waals surface area contributed by atoms with E-state index in [2.05, 4.69) is 20.4 Å². The number of benzene rings is 1. The fraction of sp³-hybridized carbons (Fsp3) is 0.400. The Labute approximate surface area is 173 Å². The number of ether oxygens (including phenoxy) is 3. The third-order valence-electron chi connectivity index (χ3n) is 4.04. The van der Waals surface area contributed by atoms with Gasteiger partial charge in [-0.15, -0.1) is 0 Å². The highest BCUT2D eigenvalue weighted by Crippen LogP contribution is 2.32. The minimum atomic E-state index is -2.98. The zero-order chi connectivity index (χ0) is 22.1. The van der Waals surface area contributed by atoms with Crippen molar-refractivity contribution in [2.24, 2.45) is 4.99 Å². The average Bonchev–Trinajstić information content (AvgIpc) is 3.09. The van der Waals surface area contributed by atoms with Crippen molar-refractivity contribution in [1.82, 2.24) is 10.6 Å². The number of carbonyl (C=O) groups is 1. The first-order chi connectivity index (χ1) is 14.4. The van der Waals surface area contributed by atoms with E-state index in [1.54, 1.807) is 45.2 Å². The molecule has 2 aromatic rings. The van der Waals surface area contributed by atoms with Crippen molar-refractivity contribution in [3.05, 3.63) is 46.9 Å². The van der Waals surface area contributed by atoms with Gasteiger partial charge in [-0.05, 0) is 26.0 Å². The summed E-state index contributed by atoms with van der Waals surface area (Å²) < 4.78 is 45.9. The number of hydrogen-bond acceptors (Lipinski definition) is 6. The van der Waals surface area contributed by atoms with Gasteiger partial charge in [-0.25, -0.2) is 4.79 Å². The van der Waals surface area contributed by atoms with E-state index in [1.165, 1.54) is 7.11 Å². The molecular formula is C20H25F2N3O5. The first-order valence-corrected chi connectivity index (χ1v) is 9.21. The predicted molar refractivity (Wildman–Crippen MR) is 106 cm³/mol. The Balaban J connectivity index is 2.04. The summed E-state index contributed by atoms with van der Waals surface area (Å²) in [5, 5.41) is 6.05. The molecule has 164 valence electrons. The summed E-state index contributed by atoms with van der Waals surface area (Å²) in [6.07, 6.45) is 0. The number of nitrogens with one attached hydrogen (secondary N) is 2. The lowest BCUT2D eigenvalue weighted by Crippen LogP contribution is -2.36. The van der Waals surface area contributed by atoms with Crippen LogP contribution in [0.5, 0.6) is 11.5 Å². The Morgan fingerprint density at radius 3 is 2.63 bits per heavy atom. The van der Waals surface area contributed by atoms with Gasteiger partial charge in [0, 0.05) is 19.2 Å².